The Bertz CT molecular complexity index is 1230. The van der Waals surface area contributed by atoms with E-state index < -0.39 is 0 Å². The number of nitrogens with two attached hydrogens (primary N) is 1. The summed E-state index contributed by atoms with van der Waals surface area (Å²) in [4.78, 5) is 16.8. The van der Waals surface area contributed by atoms with E-state index in [1.807, 2.05) is 61.7 Å². The van der Waals surface area contributed by atoms with E-state index in [-0.39, 0.29) is 6.03 Å². The molecule has 32 heavy (non-hydrogen) atoms. The van der Waals surface area contributed by atoms with Crippen LogP contribution in [0, 0.1) is 6.92 Å². The zero-order chi connectivity index (χ0) is 22.5. The average molecular weight is 445 g/mol. The Morgan fingerprint density at radius 3 is 2.59 bits per heavy atom. The van der Waals surface area contributed by atoms with E-state index in [2.05, 4.69) is 27.9 Å². The maximum atomic E-state index is 12.3. The number of carbonyl (C=O) groups is 1. The molecule has 4 rings (SSSR count). The number of fused-ring (bicyclic) bond motifs is 1. The Balaban J connectivity index is 1.51. The number of hydrogen-bond donors (Lipinski definition) is 3. The third-order valence-corrected chi connectivity index (χ3v) is 6.53. The van der Waals surface area contributed by atoms with Crippen LogP contribution in [0.25, 0.3) is 21.2 Å². The number of amides is 2. The van der Waals surface area contributed by atoms with E-state index >= 15 is 0 Å². The summed E-state index contributed by atoms with van der Waals surface area (Å²) < 4.78 is 1.23. The van der Waals surface area contributed by atoms with Gasteiger partial charge in [0.05, 0.1) is 0 Å². The summed E-state index contributed by atoms with van der Waals surface area (Å²) in [5.41, 5.74) is 12.3. The number of nitrogens with zero attached hydrogens (tertiary/aromatic N) is 1. The Kier molecular flexibility index (Phi) is 6.71. The molecule has 0 aliphatic rings. The van der Waals surface area contributed by atoms with Gasteiger partial charge in [-0.15, -0.1) is 11.3 Å². The van der Waals surface area contributed by atoms with Crippen molar-refractivity contribution in [2.45, 2.75) is 39.5 Å². The number of urea groups is 1. The highest BCUT2D eigenvalue weighted by Crippen LogP contribution is 2.39. The predicted molar refractivity (Wildman–Crippen MR) is 137 cm³/mol. The quantitative estimate of drug-likeness (QED) is 0.263. The largest absolute Gasteiger partial charge is 0.383 e. The number of pyridine rings is 1. The monoisotopic (exact) mass is 444 g/mol. The van der Waals surface area contributed by atoms with Crippen molar-refractivity contribution in [2.24, 2.45) is 0 Å². The van der Waals surface area contributed by atoms with Crippen molar-refractivity contribution in [1.82, 2.24) is 4.98 Å². The third kappa shape index (κ3) is 4.92. The van der Waals surface area contributed by atoms with Crippen LogP contribution in [0.15, 0.2) is 60.1 Å². The van der Waals surface area contributed by atoms with Crippen LogP contribution in [-0.2, 0) is 6.42 Å². The first-order chi connectivity index (χ1) is 15.5. The molecule has 0 saturated carbocycles. The Morgan fingerprint density at radius 1 is 1.06 bits per heavy atom. The third-order valence-electron chi connectivity index (χ3n) is 5.48. The van der Waals surface area contributed by atoms with E-state index in [1.165, 1.54) is 23.1 Å². The lowest BCUT2D eigenvalue weighted by atomic mass is 10.0. The molecule has 0 radical (unpaired) electrons. The molecule has 4 aromatic rings. The first kappa shape index (κ1) is 21.8. The molecule has 5 nitrogen and oxygen atoms in total. The summed E-state index contributed by atoms with van der Waals surface area (Å²) in [6.45, 7) is 4.21. The van der Waals surface area contributed by atoms with Gasteiger partial charge in [0.25, 0.3) is 0 Å². The van der Waals surface area contributed by atoms with E-state index in [4.69, 9.17) is 5.73 Å². The molecule has 0 unspecified atom stereocenters. The molecule has 0 atom stereocenters. The van der Waals surface area contributed by atoms with Gasteiger partial charge in [0.15, 0.2) is 0 Å². The molecular weight excluding hydrogens is 416 g/mol. The summed E-state index contributed by atoms with van der Waals surface area (Å²) in [6.07, 6.45) is 6.53. The first-order valence-electron chi connectivity index (χ1n) is 10.9. The number of aromatic nitrogens is 1. The van der Waals surface area contributed by atoms with Gasteiger partial charge in [0, 0.05) is 33.2 Å². The summed E-state index contributed by atoms with van der Waals surface area (Å²) in [6, 6.07) is 15.3. The van der Waals surface area contributed by atoms with Gasteiger partial charge < -0.3 is 16.4 Å². The topological polar surface area (TPSA) is 80.0 Å². The first-order valence-corrected chi connectivity index (χ1v) is 11.8. The molecule has 2 aromatic carbocycles. The average Bonchev–Trinajstić information content (AvgIpc) is 3.22. The summed E-state index contributed by atoms with van der Waals surface area (Å²) in [5, 5.41) is 8.92. The molecule has 2 amide bonds. The van der Waals surface area contributed by atoms with Gasteiger partial charge >= 0.3 is 6.03 Å². The summed E-state index contributed by atoms with van der Waals surface area (Å²) >= 11 is 1.73. The summed E-state index contributed by atoms with van der Waals surface area (Å²) in [7, 11) is 0. The number of aryl methyl sites for hydroxylation is 2. The maximum Gasteiger partial charge on any atom is 0.323 e. The van der Waals surface area contributed by atoms with Crippen LogP contribution < -0.4 is 16.4 Å². The fourth-order valence-corrected chi connectivity index (χ4v) is 4.95. The second kappa shape index (κ2) is 9.83. The Labute approximate surface area is 192 Å². The van der Waals surface area contributed by atoms with Crippen LogP contribution >= 0.6 is 11.3 Å². The molecule has 2 heterocycles. The molecule has 164 valence electrons. The molecule has 4 N–H and O–H groups in total. The summed E-state index contributed by atoms with van der Waals surface area (Å²) in [5.74, 6) is 0.565. The van der Waals surface area contributed by atoms with Crippen molar-refractivity contribution in [2.75, 3.05) is 16.4 Å². The number of unbranched alkanes of at least 4 members (excludes halogenated alkanes) is 2. The normalized spacial score (nSPS) is 10.9. The number of hydrogen-bond acceptors (Lipinski definition) is 4. The molecule has 0 saturated heterocycles. The van der Waals surface area contributed by atoms with E-state index in [1.54, 1.807) is 11.3 Å². The minimum Gasteiger partial charge on any atom is -0.383 e. The second-order valence-corrected chi connectivity index (χ2v) is 8.88. The number of benzene rings is 2. The molecule has 0 spiro atoms. The fraction of sp³-hybridized carbons (Fsp3) is 0.231. The molecular formula is C26H28N4OS. The van der Waals surface area contributed by atoms with Gasteiger partial charge in [-0.05, 0) is 66.1 Å². The van der Waals surface area contributed by atoms with Gasteiger partial charge in [-0.1, -0.05) is 44.0 Å². The van der Waals surface area contributed by atoms with Crippen molar-refractivity contribution in [3.05, 3.63) is 71.2 Å². The highest BCUT2D eigenvalue weighted by atomic mass is 32.1. The zero-order valence-electron chi connectivity index (χ0n) is 18.4. The number of nitrogen functional groups attached to an aromatic ring is 1. The molecule has 0 aliphatic heterocycles. The minimum absolute atomic E-state index is 0.269. The van der Waals surface area contributed by atoms with Crippen LogP contribution in [0.3, 0.4) is 0 Å². The number of carbonyl (C=O) groups excluding carboxylic acids is 1. The van der Waals surface area contributed by atoms with Crippen LogP contribution in [0.5, 0.6) is 0 Å². The van der Waals surface area contributed by atoms with E-state index in [0.29, 0.717) is 5.82 Å². The molecule has 0 bridgehead atoms. The highest BCUT2D eigenvalue weighted by Gasteiger charge is 2.14. The highest BCUT2D eigenvalue weighted by molar-refractivity contribution is 7.18. The SMILES string of the molecule is CCCCCc1cnc(N)c2c(-c3ccc(NC(=O)Nc4cccc(C)c4)cc3)csc12. The number of anilines is 3. The minimum atomic E-state index is -0.269. The van der Waals surface area contributed by atoms with Crippen molar-refractivity contribution in [3.8, 4) is 11.1 Å². The molecule has 6 heteroatoms. The van der Waals surface area contributed by atoms with Gasteiger partial charge in [-0.3, -0.25) is 0 Å². The van der Waals surface area contributed by atoms with Crippen LogP contribution in [-0.4, -0.2) is 11.0 Å². The number of rotatable bonds is 7. The second-order valence-electron chi connectivity index (χ2n) is 8.01. The van der Waals surface area contributed by atoms with Crippen LogP contribution in [0.2, 0.25) is 0 Å². The lowest BCUT2D eigenvalue weighted by Crippen LogP contribution is -2.19. The van der Waals surface area contributed by atoms with E-state index in [0.717, 1.165) is 46.3 Å². The lowest BCUT2D eigenvalue weighted by Gasteiger charge is -2.09. The molecule has 0 aliphatic carbocycles. The maximum absolute atomic E-state index is 12.3. The van der Waals surface area contributed by atoms with Gasteiger partial charge in [0.2, 0.25) is 0 Å². The fourth-order valence-electron chi connectivity index (χ4n) is 3.82. The predicted octanol–water partition coefficient (Wildman–Crippen LogP) is 7.23. The van der Waals surface area contributed by atoms with Crippen molar-refractivity contribution >= 4 is 44.6 Å². The number of thiophene rings is 1. The lowest BCUT2D eigenvalue weighted by molar-refractivity contribution is 0.262. The van der Waals surface area contributed by atoms with Crippen molar-refractivity contribution in [1.29, 1.82) is 0 Å². The molecule has 2 aromatic heterocycles. The van der Waals surface area contributed by atoms with Gasteiger partial charge in [0.1, 0.15) is 5.82 Å². The smallest absolute Gasteiger partial charge is 0.323 e. The van der Waals surface area contributed by atoms with Gasteiger partial charge in [-0.25, -0.2) is 9.78 Å². The standard InChI is InChI=1S/C26H28N4OS/c1-3-4-5-8-19-15-28-25(27)23-22(16-32-24(19)23)18-10-12-20(13-11-18)29-26(31)30-21-9-6-7-17(2)14-21/h6-7,9-16H,3-5,8H2,1-2H3,(H2,27,28)(H2,29,30,31). The van der Waals surface area contributed by atoms with Crippen LogP contribution in [0.1, 0.15) is 37.3 Å². The Morgan fingerprint density at radius 2 is 1.84 bits per heavy atom. The zero-order valence-corrected chi connectivity index (χ0v) is 19.3. The van der Waals surface area contributed by atoms with Gasteiger partial charge in [-0.2, -0.15) is 0 Å². The van der Waals surface area contributed by atoms with Crippen LogP contribution in [0.4, 0.5) is 22.0 Å². The molecule has 0 fully saturated rings. The van der Waals surface area contributed by atoms with Crippen molar-refractivity contribution in [3.63, 3.8) is 0 Å². The van der Waals surface area contributed by atoms with E-state index in [9.17, 15) is 4.79 Å². The number of nitrogens with one attached hydrogen (secondary N) is 2. The van der Waals surface area contributed by atoms with Crippen molar-refractivity contribution < 1.29 is 4.79 Å². The Hall–Kier alpha value is -3.38.